The standard InChI is InChI=1S/C21H21N3O/c1-4-8-17-16-13-22-20-15(10-7-12-19(20)25-3)21(16)24(23-17)18-11-6-5-9-14(18)2/h5-7,9-13H,4,8H2,1-3H3. The van der Waals surface area contributed by atoms with E-state index < -0.39 is 0 Å². The second-order valence-corrected chi connectivity index (χ2v) is 6.27. The van der Waals surface area contributed by atoms with Crippen molar-refractivity contribution in [2.45, 2.75) is 26.7 Å². The predicted octanol–water partition coefficient (Wildman–Crippen LogP) is 4.84. The van der Waals surface area contributed by atoms with Gasteiger partial charge in [0, 0.05) is 17.0 Å². The number of methoxy groups -OCH3 is 1. The summed E-state index contributed by atoms with van der Waals surface area (Å²) < 4.78 is 7.58. The second kappa shape index (κ2) is 6.20. The fraction of sp³-hybridized carbons (Fsp3) is 0.238. The number of para-hydroxylation sites is 2. The molecule has 0 aliphatic rings. The maximum atomic E-state index is 5.51. The zero-order valence-electron chi connectivity index (χ0n) is 14.8. The van der Waals surface area contributed by atoms with Gasteiger partial charge in [-0.25, -0.2) is 4.68 Å². The lowest BCUT2D eigenvalue weighted by Crippen LogP contribution is -2.00. The van der Waals surface area contributed by atoms with E-state index in [9.17, 15) is 0 Å². The molecule has 2 aromatic carbocycles. The number of ether oxygens (including phenoxy) is 1. The highest BCUT2D eigenvalue weighted by Gasteiger charge is 2.17. The zero-order chi connectivity index (χ0) is 17.4. The van der Waals surface area contributed by atoms with Crippen LogP contribution in [0.4, 0.5) is 0 Å². The van der Waals surface area contributed by atoms with Crippen molar-refractivity contribution in [3.63, 3.8) is 0 Å². The molecule has 25 heavy (non-hydrogen) atoms. The molecule has 0 saturated carbocycles. The monoisotopic (exact) mass is 331 g/mol. The largest absolute Gasteiger partial charge is 0.494 e. The molecule has 0 bridgehead atoms. The number of fused-ring (bicyclic) bond motifs is 3. The Morgan fingerprint density at radius 3 is 2.64 bits per heavy atom. The highest BCUT2D eigenvalue weighted by molar-refractivity contribution is 6.06. The number of benzene rings is 2. The number of hydrogen-bond acceptors (Lipinski definition) is 3. The maximum absolute atomic E-state index is 5.51. The van der Waals surface area contributed by atoms with Gasteiger partial charge in [0.1, 0.15) is 11.3 Å². The highest BCUT2D eigenvalue weighted by Crippen LogP contribution is 2.33. The van der Waals surface area contributed by atoms with Gasteiger partial charge in [0.2, 0.25) is 0 Å². The second-order valence-electron chi connectivity index (χ2n) is 6.27. The summed E-state index contributed by atoms with van der Waals surface area (Å²) in [5.41, 5.74) is 5.36. The van der Waals surface area contributed by atoms with Crippen LogP contribution in [0.2, 0.25) is 0 Å². The van der Waals surface area contributed by atoms with Gasteiger partial charge in [-0.15, -0.1) is 0 Å². The third-order valence-electron chi connectivity index (χ3n) is 4.63. The minimum atomic E-state index is 0.786. The van der Waals surface area contributed by atoms with Crippen LogP contribution in [0.15, 0.2) is 48.7 Å². The maximum Gasteiger partial charge on any atom is 0.145 e. The summed E-state index contributed by atoms with van der Waals surface area (Å²) in [6.07, 6.45) is 3.93. The Morgan fingerprint density at radius 1 is 1.04 bits per heavy atom. The Balaban J connectivity index is 2.14. The minimum absolute atomic E-state index is 0.786. The van der Waals surface area contributed by atoms with Crippen LogP contribution in [-0.4, -0.2) is 21.9 Å². The van der Waals surface area contributed by atoms with E-state index in [1.165, 1.54) is 5.56 Å². The third kappa shape index (κ3) is 2.45. The summed E-state index contributed by atoms with van der Waals surface area (Å²) >= 11 is 0. The first-order valence-electron chi connectivity index (χ1n) is 8.64. The molecule has 0 amide bonds. The van der Waals surface area contributed by atoms with E-state index in [1.807, 2.05) is 18.3 Å². The highest BCUT2D eigenvalue weighted by atomic mass is 16.5. The van der Waals surface area contributed by atoms with Crippen molar-refractivity contribution in [2.75, 3.05) is 7.11 Å². The van der Waals surface area contributed by atoms with Crippen LogP contribution in [0, 0.1) is 6.92 Å². The van der Waals surface area contributed by atoms with Crippen LogP contribution < -0.4 is 4.74 Å². The summed E-state index contributed by atoms with van der Waals surface area (Å²) in [6, 6.07) is 14.4. The first-order chi connectivity index (χ1) is 12.2. The van der Waals surface area contributed by atoms with Crippen LogP contribution in [0.3, 0.4) is 0 Å². The van der Waals surface area contributed by atoms with Crippen molar-refractivity contribution in [1.29, 1.82) is 0 Å². The molecule has 0 unspecified atom stereocenters. The Kier molecular flexibility index (Phi) is 3.88. The topological polar surface area (TPSA) is 39.9 Å². The Bertz CT molecular complexity index is 1070. The molecular formula is C21H21N3O. The van der Waals surface area contributed by atoms with Gasteiger partial charge in [-0.05, 0) is 31.0 Å². The Labute approximate surface area is 147 Å². The van der Waals surface area contributed by atoms with Gasteiger partial charge in [-0.1, -0.05) is 43.7 Å². The Hall–Kier alpha value is -2.88. The lowest BCUT2D eigenvalue weighted by atomic mass is 10.1. The van der Waals surface area contributed by atoms with Gasteiger partial charge in [-0.3, -0.25) is 4.98 Å². The number of hydrogen-bond donors (Lipinski definition) is 0. The molecule has 0 aliphatic heterocycles. The van der Waals surface area contributed by atoms with Crippen molar-refractivity contribution in [1.82, 2.24) is 14.8 Å². The lowest BCUT2D eigenvalue weighted by Gasteiger charge is -2.10. The molecule has 4 nitrogen and oxygen atoms in total. The molecule has 0 fully saturated rings. The molecule has 4 rings (SSSR count). The van der Waals surface area contributed by atoms with Gasteiger partial charge in [0.15, 0.2) is 0 Å². The first kappa shape index (κ1) is 15.6. The average Bonchev–Trinajstić information content (AvgIpc) is 3.01. The molecule has 4 heteroatoms. The van der Waals surface area contributed by atoms with Crippen LogP contribution in [0.1, 0.15) is 24.6 Å². The van der Waals surface area contributed by atoms with Crippen molar-refractivity contribution in [3.8, 4) is 11.4 Å². The van der Waals surface area contributed by atoms with Crippen molar-refractivity contribution in [3.05, 3.63) is 59.9 Å². The van der Waals surface area contributed by atoms with Crippen molar-refractivity contribution < 1.29 is 4.74 Å². The predicted molar refractivity (Wildman–Crippen MR) is 102 cm³/mol. The minimum Gasteiger partial charge on any atom is -0.494 e. The van der Waals surface area contributed by atoms with E-state index in [1.54, 1.807) is 7.11 Å². The van der Waals surface area contributed by atoms with Crippen LogP contribution in [0.5, 0.6) is 5.75 Å². The smallest absolute Gasteiger partial charge is 0.145 e. The lowest BCUT2D eigenvalue weighted by molar-refractivity contribution is 0.419. The third-order valence-corrected chi connectivity index (χ3v) is 4.63. The number of aromatic nitrogens is 3. The fourth-order valence-corrected chi connectivity index (χ4v) is 3.41. The van der Waals surface area contributed by atoms with Crippen LogP contribution in [-0.2, 0) is 6.42 Å². The Morgan fingerprint density at radius 2 is 1.88 bits per heavy atom. The number of nitrogens with zero attached hydrogens (tertiary/aromatic N) is 3. The summed E-state index contributed by atoms with van der Waals surface area (Å²) in [7, 11) is 1.68. The molecule has 2 heterocycles. The van der Waals surface area contributed by atoms with Crippen LogP contribution in [0.25, 0.3) is 27.5 Å². The molecule has 2 aromatic heterocycles. The van der Waals surface area contributed by atoms with E-state index in [0.29, 0.717) is 0 Å². The summed E-state index contributed by atoms with van der Waals surface area (Å²) in [4.78, 5) is 4.67. The summed E-state index contributed by atoms with van der Waals surface area (Å²) in [5, 5.41) is 7.13. The molecule has 0 saturated heterocycles. The first-order valence-corrected chi connectivity index (χ1v) is 8.64. The fourth-order valence-electron chi connectivity index (χ4n) is 3.41. The van der Waals surface area contributed by atoms with E-state index in [0.717, 1.165) is 51.8 Å². The zero-order valence-corrected chi connectivity index (χ0v) is 14.8. The van der Waals surface area contributed by atoms with Gasteiger partial charge >= 0.3 is 0 Å². The van der Waals surface area contributed by atoms with E-state index >= 15 is 0 Å². The van der Waals surface area contributed by atoms with Crippen molar-refractivity contribution in [2.24, 2.45) is 0 Å². The molecule has 0 N–H and O–H groups in total. The number of rotatable bonds is 4. The van der Waals surface area contributed by atoms with Crippen molar-refractivity contribution >= 4 is 21.8 Å². The molecule has 0 radical (unpaired) electrons. The molecule has 126 valence electrons. The van der Waals surface area contributed by atoms with Gasteiger partial charge in [0.05, 0.1) is 24.0 Å². The molecule has 0 spiro atoms. The van der Waals surface area contributed by atoms with E-state index in [4.69, 9.17) is 9.84 Å². The summed E-state index contributed by atoms with van der Waals surface area (Å²) in [6.45, 7) is 4.29. The molecule has 0 atom stereocenters. The molecule has 4 aromatic rings. The van der Waals surface area contributed by atoms with Crippen LogP contribution >= 0.6 is 0 Å². The van der Waals surface area contributed by atoms with Gasteiger partial charge in [-0.2, -0.15) is 5.10 Å². The van der Waals surface area contributed by atoms with Gasteiger partial charge in [0.25, 0.3) is 0 Å². The molecule has 0 aliphatic carbocycles. The number of aryl methyl sites for hydroxylation is 2. The average molecular weight is 331 g/mol. The quantitative estimate of drug-likeness (QED) is 0.537. The number of pyridine rings is 1. The molecular weight excluding hydrogens is 310 g/mol. The normalized spacial score (nSPS) is 11.3. The van der Waals surface area contributed by atoms with E-state index in [2.05, 4.69) is 53.8 Å². The SMILES string of the molecule is CCCc1nn(-c2ccccc2C)c2c1cnc1c(OC)cccc12. The van der Waals surface area contributed by atoms with Gasteiger partial charge < -0.3 is 4.74 Å². The summed E-state index contributed by atoms with van der Waals surface area (Å²) in [5.74, 6) is 0.786. The van der Waals surface area contributed by atoms with E-state index in [-0.39, 0.29) is 0 Å².